The van der Waals surface area contributed by atoms with E-state index in [-0.39, 0.29) is 18.3 Å². The predicted molar refractivity (Wildman–Crippen MR) is 121 cm³/mol. The lowest BCUT2D eigenvalue weighted by atomic mass is 9.92. The molecule has 0 radical (unpaired) electrons. The van der Waals surface area contributed by atoms with Gasteiger partial charge < -0.3 is 14.6 Å². The number of ether oxygens (including phenoxy) is 1. The number of fused-ring (bicyclic) bond motifs is 10. The fraction of sp³-hybridized carbons (Fsp3) is 0.192. The maximum Gasteiger partial charge on any atom is 0.307 e. The Morgan fingerprint density at radius 3 is 2.81 bits per heavy atom. The van der Waals surface area contributed by atoms with Gasteiger partial charge in [-0.1, -0.05) is 24.3 Å². The Labute approximate surface area is 183 Å². The summed E-state index contributed by atoms with van der Waals surface area (Å²) in [6, 6.07) is 13.8. The summed E-state index contributed by atoms with van der Waals surface area (Å²) in [5.74, 6) is -0.334. The minimum atomic E-state index is -0.276. The lowest BCUT2D eigenvalue weighted by Gasteiger charge is -2.13. The molecule has 6 rings (SSSR count). The van der Waals surface area contributed by atoms with Crippen LogP contribution in [0.2, 0.25) is 0 Å². The Kier molecular flexibility index (Phi) is 3.99. The number of amides is 1. The molecule has 158 valence electrons. The third kappa shape index (κ3) is 2.43. The molecule has 1 aliphatic heterocycles. The second-order valence-electron chi connectivity index (χ2n) is 8.32. The number of carbonyl (C=O) groups excluding carboxylic acids is 3. The van der Waals surface area contributed by atoms with Crippen LogP contribution < -0.4 is 5.32 Å². The summed E-state index contributed by atoms with van der Waals surface area (Å²) in [5, 5.41) is 4.93. The molecule has 0 spiro atoms. The van der Waals surface area contributed by atoms with Gasteiger partial charge in [-0.15, -0.1) is 0 Å². The Hall–Kier alpha value is -3.93. The van der Waals surface area contributed by atoms with Gasteiger partial charge in [0.25, 0.3) is 5.91 Å². The average molecular weight is 424 g/mol. The number of aldehydes is 1. The maximum atomic E-state index is 13.0. The first-order chi connectivity index (χ1) is 15.6. The molecule has 1 amide bonds. The van der Waals surface area contributed by atoms with Crippen molar-refractivity contribution in [1.82, 2.24) is 9.88 Å². The first-order valence-electron chi connectivity index (χ1n) is 10.6. The molecule has 0 bridgehead atoms. The molecule has 1 aliphatic carbocycles. The Bertz CT molecular complexity index is 1500. The van der Waals surface area contributed by atoms with E-state index < -0.39 is 0 Å². The minimum Gasteiger partial charge on any atom is -0.469 e. The predicted octanol–water partition coefficient (Wildman–Crippen LogP) is 3.98. The van der Waals surface area contributed by atoms with Crippen molar-refractivity contribution in [3.05, 3.63) is 70.3 Å². The minimum absolute atomic E-state index is 0.0585. The van der Waals surface area contributed by atoms with Crippen molar-refractivity contribution in [3.8, 4) is 11.1 Å². The van der Waals surface area contributed by atoms with Gasteiger partial charge in [0.1, 0.15) is 6.29 Å². The highest BCUT2D eigenvalue weighted by atomic mass is 16.5. The Morgan fingerprint density at radius 2 is 2.00 bits per heavy atom. The summed E-state index contributed by atoms with van der Waals surface area (Å²) in [6.45, 7) is 0.900. The first kappa shape index (κ1) is 18.8. The monoisotopic (exact) mass is 424 g/mol. The summed E-state index contributed by atoms with van der Waals surface area (Å²) >= 11 is 0. The molecule has 0 fully saturated rings. The number of nitrogens with zero attached hydrogens (tertiary/aromatic N) is 1. The third-order valence-corrected chi connectivity index (χ3v) is 6.74. The van der Waals surface area contributed by atoms with Crippen LogP contribution in [0.4, 0.5) is 0 Å². The van der Waals surface area contributed by atoms with Crippen LogP contribution in [0.15, 0.2) is 42.5 Å². The van der Waals surface area contributed by atoms with Crippen molar-refractivity contribution < 1.29 is 19.1 Å². The number of hydrogen-bond donors (Lipinski definition) is 1. The van der Waals surface area contributed by atoms with Crippen molar-refractivity contribution in [2.45, 2.75) is 25.9 Å². The van der Waals surface area contributed by atoms with E-state index in [0.29, 0.717) is 18.7 Å². The number of aromatic nitrogens is 1. The number of methoxy groups -OCH3 is 1. The lowest BCUT2D eigenvalue weighted by molar-refractivity contribution is -0.140. The molecule has 2 aliphatic rings. The second kappa shape index (κ2) is 6.79. The fourth-order valence-corrected chi connectivity index (χ4v) is 5.41. The van der Waals surface area contributed by atoms with E-state index in [2.05, 4.69) is 22.0 Å². The number of hydrogen-bond acceptors (Lipinski definition) is 4. The zero-order valence-corrected chi connectivity index (χ0v) is 17.5. The van der Waals surface area contributed by atoms with Crippen LogP contribution in [-0.4, -0.2) is 29.8 Å². The van der Waals surface area contributed by atoms with Crippen LogP contribution in [0.3, 0.4) is 0 Å². The number of carbonyl (C=O) groups is 3. The van der Waals surface area contributed by atoms with Crippen molar-refractivity contribution in [3.63, 3.8) is 0 Å². The molecular formula is C26H20N2O4. The van der Waals surface area contributed by atoms with Crippen molar-refractivity contribution in [1.29, 1.82) is 0 Å². The number of nitrogens with one attached hydrogen (secondary N) is 1. The smallest absolute Gasteiger partial charge is 0.307 e. The van der Waals surface area contributed by atoms with Crippen molar-refractivity contribution >= 4 is 40.0 Å². The molecule has 32 heavy (non-hydrogen) atoms. The van der Waals surface area contributed by atoms with E-state index in [0.717, 1.165) is 62.3 Å². The first-order valence-corrected chi connectivity index (χ1v) is 10.6. The van der Waals surface area contributed by atoms with Gasteiger partial charge >= 0.3 is 5.97 Å². The van der Waals surface area contributed by atoms with E-state index >= 15 is 0 Å². The highest BCUT2D eigenvalue weighted by molar-refractivity contribution is 6.20. The molecule has 1 aromatic heterocycles. The quantitative estimate of drug-likeness (QED) is 0.350. The van der Waals surface area contributed by atoms with Gasteiger partial charge in [0.15, 0.2) is 0 Å². The Morgan fingerprint density at radius 1 is 1.16 bits per heavy atom. The van der Waals surface area contributed by atoms with Crippen LogP contribution in [0.5, 0.6) is 0 Å². The van der Waals surface area contributed by atoms with Crippen LogP contribution in [0.1, 0.15) is 43.8 Å². The van der Waals surface area contributed by atoms with Crippen LogP contribution >= 0.6 is 0 Å². The highest BCUT2D eigenvalue weighted by Crippen LogP contribution is 2.48. The average Bonchev–Trinajstić information content (AvgIpc) is 3.48. The molecule has 0 saturated heterocycles. The van der Waals surface area contributed by atoms with E-state index in [9.17, 15) is 14.4 Å². The van der Waals surface area contributed by atoms with Crippen molar-refractivity contribution in [2.75, 3.05) is 7.11 Å². The van der Waals surface area contributed by atoms with Gasteiger partial charge in [-0.3, -0.25) is 14.4 Å². The Balaban J connectivity index is 1.77. The van der Waals surface area contributed by atoms with E-state index in [1.807, 2.05) is 24.3 Å². The molecule has 3 aromatic carbocycles. The number of benzene rings is 3. The normalized spacial score (nSPS) is 13.7. The molecule has 1 N–H and O–H groups in total. The molecule has 0 saturated carbocycles. The van der Waals surface area contributed by atoms with E-state index in [1.54, 1.807) is 6.07 Å². The lowest BCUT2D eigenvalue weighted by Crippen LogP contribution is -2.13. The molecule has 0 unspecified atom stereocenters. The zero-order chi connectivity index (χ0) is 22.0. The largest absolute Gasteiger partial charge is 0.469 e. The van der Waals surface area contributed by atoms with Crippen LogP contribution in [0.25, 0.3) is 32.9 Å². The standard InChI is InChI=1S/C26H20N2O4/c1-32-21(30)8-9-28-20-7-6-14(13-29)10-17(20)23-19-12-27-26(31)24(19)22-16-5-3-2-4-15(16)11-18(22)25(23)28/h2-7,10,13H,8-9,11-12H2,1H3,(H,27,31). The van der Waals surface area contributed by atoms with Gasteiger partial charge in [-0.25, -0.2) is 0 Å². The zero-order valence-electron chi connectivity index (χ0n) is 17.5. The summed E-state index contributed by atoms with van der Waals surface area (Å²) < 4.78 is 7.04. The van der Waals surface area contributed by atoms with E-state index in [1.165, 1.54) is 12.7 Å². The molecule has 2 heterocycles. The van der Waals surface area contributed by atoms with Crippen molar-refractivity contribution in [2.24, 2.45) is 0 Å². The number of rotatable bonds is 4. The molecule has 4 aromatic rings. The molecule has 6 heteroatoms. The highest BCUT2D eigenvalue weighted by Gasteiger charge is 2.35. The number of esters is 1. The van der Waals surface area contributed by atoms with Gasteiger partial charge in [0, 0.05) is 46.9 Å². The fourth-order valence-electron chi connectivity index (χ4n) is 5.41. The summed E-state index contributed by atoms with van der Waals surface area (Å²) in [7, 11) is 1.39. The molecule has 6 nitrogen and oxygen atoms in total. The topological polar surface area (TPSA) is 77.4 Å². The summed E-state index contributed by atoms with van der Waals surface area (Å²) in [6.07, 6.45) is 1.79. The van der Waals surface area contributed by atoms with Gasteiger partial charge in [0.2, 0.25) is 0 Å². The van der Waals surface area contributed by atoms with Gasteiger partial charge in [-0.2, -0.15) is 0 Å². The number of aryl methyl sites for hydroxylation is 1. The van der Waals surface area contributed by atoms with Crippen LogP contribution in [0, 0.1) is 0 Å². The summed E-state index contributed by atoms with van der Waals surface area (Å²) in [5.41, 5.74) is 8.65. The maximum absolute atomic E-state index is 13.0. The SMILES string of the molecule is COC(=O)CCn1c2ccc(C=O)cc2c2c3c(c4c(c21)Cc1ccccc1-4)C(=O)NC3. The molecule has 0 atom stereocenters. The van der Waals surface area contributed by atoms with Crippen LogP contribution in [-0.2, 0) is 29.0 Å². The van der Waals surface area contributed by atoms with E-state index in [4.69, 9.17) is 4.74 Å². The third-order valence-electron chi connectivity index (χ3n) is 6.74. The molecular weight excluding hydrogens is 404 g/mol. The second-order valence-corrected chi connectivity index (χ2v) is 8.32. The van der Waals surface area contributed by atoms with Gasteiger partial charge in [-0.05, 0) is 40.5 Å². The van der Waals surface area contributed by atoms with Gasteiger partial charge in [0.05, 0.1) is 24.6 Å². The summed E-state index contributed by atoms with van der Waals surface area (Å²) in [4.78, 5) is 36.5.